The highest BCUT2D eigenvalue weighted by Crippen LogP contribution is 2.21. The topological polar surface area (TPSA) is 88.5 Å². The van der Waals surface area contributed by atoms with E-state index in [-0.39, 0.29) is 29.6 Å². The number of unbranched alkanes of at least 4 members (excludes halogenated alkanes) is 5. The van der Waals surface area contributed by atoms with Gasteiger partial charge in [0, 0.05) is 31.2 Å². The van der Waals surface area contributed by atoms with Crippen LogP contribution in [0.3, 0.4) is 0 Å². The van der Waals surface area contributed by atoms with Crippen LogP contribution in [0.5, 0.6) is 0 Å². The maximum Gasteiger partial charge on any atom is 0.165 e. The van der Waals surface area contributed by atoms with Crippen LogP contribution >= 0.6 is 0 Å². The van der Waals surface area contributed by atoms with Gasteiger partial charge in [0.05, 0.1) is 6.10 Å². The Kier molecular flexibility index (Phi) is 9.92. The van der Waals surface area contributed by atoms with Crippen LogP contribution in [0.2, 0.25) is 0 Å². The smallest absolute Gasteiger partial charge is 0.165 e. The third-order valence-electron chi connectivity index (χ3n) is 5.54. The summed E-state index contributed by atoms with van der Waals surface area (Å²) in [4.78, 5) is 47.7. The fourth-order valence-electron chi connectivity index (χ4n) is 3.85. The molecule has 29 heavy (non-hydrogen) atoms. The molecule has 1 aromatic carbocycles. The van der Waals surface area contributed by atoms with Gasteiger partial charge in [-0.3, -0.25) is 19.2 Å². The zero-order chi connectivity index (χ0) is 21.1. The largest absolute Gasteiger partial charge is 0.393 e. The second-order valence-corrected chi connectivity index (χ2v) is 7.99. The van der Waals surface area contributed by atoms with E-state index in [4.69, 9.17) is 0 Å². The summed E-state index contributed by atoms with van der Waals surface area (Å²) in [7, 11) is 0. The molecule has 0 bridgehead atoms. The van der Waals surface area contributed by atoms with Crippen molar-refractivity contribution >= 4 is 23.1 Å². The zero-order valence-corrected chi connectivity index (χ0v) is 17.1. The molecular weight excluding hydrogens is 368 g/mol. The lowest BCUT2D eigenvalue weighted by Gasteiger charge is -2.17. The van der Waals surface area contributed by atoms with Crippen molar-refractivity contribution in [3.8, 4) is 0 Å². The summed E-state index contributed by atoms with van der Waals surface area (Å²) in [5.41, 5.74) is 0.637. The third-order valence-corrected chi connectivity index (χ3v) is 5.54. The van der Waals surface area contributed by atoms with Crippen molar-refractivity contribution in [1.82, 2.24) is 0 Å². The average Bonchev–Trinajstić information content (AvgIpc) is 2.70. The van der Waals surface area contributed by atoms with Crippen LogP contribution in [0.15, 0.2) is 30.3 Å². The average molecular weight is 401 g/mol. The Morgan fingerprint density at radius 1 is 0.897 bits per heavy atom. The molecule has 158 valence electrons. The Morgan fingerprint density at radius 2 is 1.48 bits per heavy atom. The van der Waals surface area contributed by atoms with E-state index in [1.165, 1.54) is 0 Å². The summed E-state index contributed by atoms with van der Waals surface area (Å²) in [6.45, 7) is 0. The van der Waals surface area contributed by atoms with Crippen molar-refractivity contribution in [3.05, 3.63) is 35.9 Å². The minimum absolute atomic E-state index is 0.0299. The fraction of sp³-hybridized carbons (Fsp3) is 0.583. The number of ketones is 4. The number of Topliss-reactive ketones (excluding diaryl/α,β-unsaturated/α-hetero) is 4. The van der Waals surface area contributed by atoms with Crippen LogP contribution in [0, 0.1) is 5.92 Å². The Morgan fingerprint density at radius 3 is 2.14 bits per heavy atom. The molecule has 0 saturated heterocycles. The quantitative estimate of drug-likeness (QED) is 0.304. The van der Waals surface area contributed by atoms with E-state index in [9.17, 15) is 24.3 Å². The highest BCUT2D eigenvalue weighted by Gasteiger charge is 2.35. The minimum Gasteiger partial charge on any atom is -0.393 e. The molecule has 1 saturated carbocycles. The molecule has 1 aliphatic rings. The normalized spacial score (nSPS) is 16.0. The summed E-state index contributed by atoms with van der Waals surface area (Å²) in [6.07, 6.45) is 7.21. The number of carbonyl (C=O) groups is 4. The van der Waals surface area contributed by atoms with Crippen molar-refractivity contribution in [1.29, 1.82) is 0 Å². The number of carbonyl (C=O) groups excluding carboxylic acids is 4. The van der Waals surface area contributed by atoms with Crippen LogP contribution in [-0.2, 0) is 14.4 Å². The molecule has 0 radical (unpaired) electrons. The Bertz CT molecular complexity index is 678. The van der Waals surface area contributed by atoms with Crippen LogP contribution in [0.4, 0.5) is 0 Å². The Labute approximate surface area is 172 Å². The number of aliphatic hydroxyl groups is 1. The molecule has 1 aliphatic carbocycles. The van der Waals surface area contributed by atoms with Gasteiger partial charge >= 0.3 is 0 Å². The van der Waals surface area contributed by atoms with Gasteiger partial charge in [0.15, 0.2) is 23.1 Å². The molecule has 1 N–H and O–H groups in total. The monoisotopic (exact) mass is 400 g/mol. The third kappa shape index (κ3) is 8.01. The van der Waals surface area contributed by atoms with Gasteiger partial charge in [-0.1, -0.05) is 62.4 Å². The van der Waals surface area contributed by atoms with E-state index in [2.05, 4.69) is 0 Å². The first-order valence-corrected chi connectivity index (χ1v) is 10.8. The van der Waals surface area contributed by atoms with E-state index in [1.54, 1.807) is 12.1 Å². The van der Waals surface area contributed by atoms with Gasteiger partial charge in [-0.05, 0) is 19.3 Å². The molecule has 0 amide bonds. The van der Waals surface area contributed by atoms with Crippen molar-refractivity contribution in [2.45, 2.75) is 83.2 Å². The van der Waals surface area contributed by atoms with Gasteiger partial charge in [0.1, 0.15) is 5.92 Å². The molecule has 0 aromatic heterocycles. The maximum atomic E-state index is 12.1. The van der Waals surface area contributed by atoms with E-state index in [0.29, 0.717) is 44.1 Å². The molecule has 1 atom stereocenters. The van der Waals surface area contributed by atoms with Crippen molar-refractivity contribution in [2.75, 3.05) is 0 Å². The number of hydrogen-bond acceptors (Lipinski definition) is 5. The molecule has 1 aromatic rings. The second-order valence-electron chi connectivity index (χ2n) is 7.99. The Balaban J connectivity index is 1.49. The summed E-state index contributed by atoms with van der Waals surface area (Å²) in [6, 6.07) is 9.02. The summed E-state index contributed by atoms with van der Waals surface area (Å²) in [5, 5.41) is 10.0. The van der Waals surface area contributed by atoms with Crippen LogP contribution < -0.4 is 0 Å². The van der Waals surface area contributed by atoms with Crippen LogP contribution in [0.25, 0.3) is 0 Å². The van der Waals surface area contributed by atoms with Crippen molar-refractivity contribution < 1.29 is 24.3 Å². The van der Waals surface area contributed by atoms with E-state index < -0.39 is 12.0 Å². The summed E-state index contributed by atoms with van der Waals surface area (Å²) in [5.74, 6) is -1.61. The number of aliphatic hydroxyl groups excluding tert-OH is 1. The molecule has 0 aliphatic heterocycles. The van der Waals surface area contributed by atoms with Crippen molar-refractivity contribution in [3.63, 3.8) is 0 Å². The van der Waals surface area contributed by atoms with Gasteiger partial charge in [-0.25, -0.2) is 0 Å². The highest BCUT2D eigenvalue weighted by molar-refractivity contribution is 6.20. The first-order valence-electron chi connectivity index (χ1n) is 10.8. The number of benzene rings is 1. The van der Waals surface area contributed by atoms with Gasteiger partial charge in [-0.15, -0.1) is 0 Å². The molecule has 5 heteroatoms. The number of rotatable bonds is 13. The molecule has 1 unspecified atom stereocenters. The van der Waals surface area contributed by atoms with Gasteiger partial charge in [-0.2, -0.15) is 0 Å². The molecule has 2 rings (SSSR count). The first kappa shape index (κ1) is 23.1. The Hall–Kier alpha value is -2.14. The van der Waals surface area contributed by atoms with Crippen molar-refractivity contribution in [2.24, 2.45) is 5.92 Å². The predicted octanol–water partition coefficient (Wildman–Crippen LogP) is 4.25. The van der Waals surface area contributed by atoms with Gasteiger partial charge < -0.3 is 5.11 Å². The van der Waals surface area contributed by atoms with E-state index >= 15 is 0 Å². The van der Waals surface area contributed by atoms with Crippen LogP contribution in [-0.4, -0.2) is 34.3 Å². The van der Waals surface area contributed by atoms with Crippen LogP contribution in [0.1, 0.15) is 87.4 Å². The highest BCUT2D eigenvalue weighted by atomic mass is 16.3. The molecule has 5 nitrogen and oxygen atoms in total. The van der Waals surface area contributed by atoms with E-state index in [0.717, 1.165) is 32.1 Å². The lowest BCUT2D eigenvalue weighted by molar-refractivity contribution is -0.142. The molecule has 1 fully saturated rings. The van der Waals surface area contributed by atoms with Gasteiger partial charge in [0.25, 0.3) is 0 Å². The lowest BCUT2D eigenvalue weighted by atomic mass is 9.82. The molecule has 0 heterocycles. The molecule has 0 spiro atoms. The summed E-state index contributed by atoms with van der Waals surface area (Å²) < 4.78 is 0. The number of hydrogen-bond donors (Lipinski definition) is 1. The lowest BCUT2D eigenvalue weighted by Crippen LogP contribution is -2.35. The summed E-state index contributed by atoms with van der Waals surface area (Å²) >= 11 is 0. The van der Waals surface area contributed by atoms with E-state index in [1.807, 2.05) is 18.2 Å². The zero-order valence-electron chi connectivity index (χ0n) is 17.1. The standard InChI is InChI=1S/C24H32O5/c25-19(17-23(29)18-11-6-5-7-12-18)13-8-3-1-2-4-9-14-20(26)24-21(27)15-10-16-22(24)28/h5-7,11-12,19,24-25H,1-4,8-10,13-17H2. The molecular formula is C24H32O5. The fourth-order valence-corrected chi connectivity index (χ4v) is 3.85. The van der Waals surface area contributed by atoms with Gasteiger partial charge in [0.2, 0.25) is 0 Å². The SMILES string of the molecule is O=C(CC(O)CCCCCCCCC(=O)C1C(=O)CCCC1=O)c1ccccc1. The minimum atomic E-state index is -0.983. The predicted molar refractivity (Wildman–Crippen MR) is 111 cm³/mol. The maximum absolute atomic E-state index is 12.1. The second kappa shape index (κ2) is 12.4. The first-order chi connectivity index (χ1) is 14.0.